The van der Waals surface area contributed by atoms with Crippen molar-refractivity contribution in [2.24, 2.45) is 16.8 Å². The average molecular weight is 377 g/mol. The number of amides is 1. The zero-order valence-electron chi connectivity index (χ0n) is 16.8. The summed E-state index contributed by atoms with van der Waals surface area (Å²) in [4.78, 5) is 18.9. The van der Waals surface area contributed by atoms with E-state index in [2.05, 4.69) is 20.5 Å². The number of carbonyl (C=O) groups is 1. The van der Waals surface area contributed by atoms with E-state index in [0.717, 1.165) is 50.6 Å². The first-order chi connectivity index (χ1) is 12.9. The van der Waals surface area contributed by atoms with E-state index >= 15 is 0 Å². The summed E-state index contributed by atoms with van der Waals surface area (Å²) >= 11 is 0. The molecule has 1 aliphatic heterocycles. The van der Waals surface area contributed by atoms with Crippen LogP contribution in [0.4, 0.5) is 4.79 Å². The molecule has 0 bridgehead atoms. The molecule has 0 radical (unpaired) electrons. The molecular weight excluding hydrogens is 344 g/mol. The Morgan fingerprint density at radius 1 is 1.37 bits per heavy atom. The molecule has 2 aliphatic rings. The van der Waals surface area contributed by atoms with Crippen molar-refractivity contribution in [1.29, 1.82) is 0 Å². The van der Waals surface area contributed by atoms with Gasteiger partial charge in [0.05, 0.1) is 6.26 Å². The normalized spacial score (nSPS) is 25.4. The van der Waals surface area contributed by atoms with Crippen molar-refractivity contribution in [2.45, 2.75) is 51.7 Å². The zero-order chi connectivity index (χ0) is 19.4. The maximum absolute atomic E-state index is 12.1. The highest BCUT2D eigenvalue weighted by Gasteiger charge is 2.44. The standard InChI is InChI=1S/C20H32N4O3/c1-20(2,3)27-19(25)23-17-8-7-14-12-24(13-16(14)17)18(21-4)22-10-9-15-6-5-11-26-15/h5-6,11,14,16-17H,7-10,12-13H2,1-4H3,(H,21,22)(H,23,25). The fraction of sp³-hybridized carbons (Fsp3) is 0.700. The Morgan fingerprint density at radius 2 is 2.19 bits per heavy atom. The molecule has 0 aromatic carbocycles. The van der Waals surface area contributed by atoms with Crippen LogP contribution in [-0.4, -0.2) is 55.3 Å². The predicted octanol–water partition coefficient (Wildman–Crippen LogP) is 2.63. The number of ether oxygens (including phenoxy) is 1. The molecule has 7 heteroatoms. The first-order valence-electron chi connectivity index (χ1n) is 9.83. The summed E-state index contributed by atoms with van der Waals surface area (Å²) < 4.78 is 10.8. The first kappa shape index (κ1) is 19.6. The molecule has 2 N–H and O–H groups in total. The second-order valence-corrected chi connectivity index (χ2v) is 8.46. The number of likely N-dealkylation sites (tertiary alicyclic amines) is 1. The Labute approximate surface area is 161 Å². The minimum absolute atomic E-state index is 0.177. The van der Waals surface area contributed by atoms with Crippen LogP contribution in [0.2, 0.25) is 0 Å². The molecule has 1 aromatic rings. The molecule has 150 valence electrons. The Bertz CT molecular complexity index is 651. The van der Waals surface area contributed by atoms with Gasteiger partial charge >= 0.3 is 6.09 Å². The van der Waals surface area contributed by atoms with E-state index in [1.54, 1.807) is 6.26 Å². The van der Waals surface area contributed by atoms with E-state index in [-0.39, 0.29) is 12.1 Å². The van der Waals surface area contributed by atoms with Crippen LogP contribution in [0.5, 0.6) is 0 Å². The summed E-state index contributed by atoms with van der Waals surface area (Å²) in [5.74, 6) is 2.93. The van der Waals surface area contributed by atoms with Crippen molar-refractivity contribution < 1.29 is 13.9 Å². The summed E-state index contributed by atoms with van der Waals surface area (Å²) in [6, 6.07) is 4.07. The fourth-order valence-electron chi connectivity index (χ4n) is 4.16. The third-order valence-corrected chi connectivity index (χ3v) is 5.30. The lowest BCUT2D eigenvalue weighted by atomic mass is 9.98. The molecule has 1 aromatic heterocycles. The monoisotopic (exact) mass is 376 g/mol. The van der Waals surface area contributed by atoms with E-state index in [1.165, 1.54) is 0 Å². The molecule has 27 heavy (non-hydrogen) atoms. The van der Waals surface area contributed by atoms with E-state index in [9.17, 15) is 4.79 Å². The number of nitrogens with one attached hydrogen (secondary N) is 2. The Morgan fingerprint density at radius 3 is 2.85 bits per heavy atom. The molecule has 2 heterocycles. The van der Waals surface area contributed by atoms with Gasteiger partial charge in [-0.2, -0.15) is 0 Å². The largest absolute Gasteiger partial charge is 0.469 e. The molecule has 3 unspecified atom stereocenters. The van der Waals surface area contributed by atoms with Gasteiger partial charge in [0, 0.05) is 45.1 Å². The van der Waals surface area contributed by atoms with Gasteiger partial charge in [-0.25, -0.2) is 4.79 Å². The van der Waals surface area contributed by atoms with Gasteiger partial charge in [0.2, 0.25) is 0 Å². The average Bonchev–Trinajstić information content (AvgIpc) is 3.28. The number of hydrogen-bond acceptors (Lipinski definition) is 4. The lowest BCUT2D eigenvalue weighted by Gasteiger charge is -2.26. The second-order valence-electron chi connectivity index (χ2n) is 8.46. The van der Waals surface area contributed by atoms with Crippen LogP contribution in [0.25, 0.3) is 0 Å². The SMILES string of the molecule is CN=C(NCCc1ccco1)N1CC2CCC(NC(=O)OC(C)(C)C)C2C1. The van der Waals surface area contributed by atoms with Gasteiger partial charge in [-0.1, -0.05) is 0 Å². The van der Waals surface area contributed by atoms with Crippen LogP contribution in [-0.2, 0) is 11.2 Å². The highest BCUT2D eigenvalue weighted by molar-refractivity contribution is 5.80. The summed E-state index contributed by atoms with van der Waals surface area (Å²) in [7, 11) is 1.82. The molecular formula is C20H32N4O3. The van der Waals surface area contributed by atoms with E-state index in [1.807, 2.05) is 40.0 Å². The smallest absolute Gasteiger partial charge is 0.407 e. The third-order valence-electron chi connectivity index (χ3n) is 5.30. The lowest BCUT2D eigenvalue weighted by molar-refractivity contribution is 0.0492. The number of nitrogens with zero attached hydrogens (tertiary/aromatic N) is 2. The van der Waals surface area contributed by atoms with Crippen LogP contribution in [0, 0.1) is 11.8 Å². The first-order valence-corrected chi connectivity index (χ1v) is 9.83. The van der Waals surface area contributed by atoms with Gasteiger partial charge in [0.1, 0.15) is 11.4 Å². The number of alkyl carbamates (subject to hydrolysis) is 1. The zero-order valence-corrected chi connectivity index (χ0v) is 16.8. The highest BCUT2D eigenvalue weighted by atomic mass is 16.6. The summed E-state index contributed by atoms with van der Waals surface area (Å²) in [5, 5.41) is 6.52. The minimum Gasteiger partial charge on any atom is -0.469 e. The number of furan rings is 1. The molecule has 7 nitrogen and oxygen atoms in total. The van der Waals surface area contributed by atoms with Crippen LogP contribution in [0.3, 0.4) is 0 Å². The Kier molecular flexibility index (Phi) is 5.97. The predicted molar refractivity (Wildman–Crippen MR) is 105 cm³/mol. The number of rotatable bonds is 4. The van der Waals surface area contributed by atoms with Gasteiger partial charge in [0.25, 0.3) is 0 Å². The number of carbonyl (C=O) groups excluding carboxylic acids is 1. The fourth-order valence-corrected chi connectivity index (χ4v) is 4.16. The summed E-state index contributed by atoms with van der Waals surface area (Å²) in [6.45, 7) is 8.34. The molecule has 2 fully saturated rings. The van der Waals surface area contributed by atoms with Crippen LogP contribution < -0.4 is 10.6 Å². The van der Waals surface area contributed by atoms with Gasteiger partial charge in [-0.15, -0.1) is 0 Å². The quantitative estimate of drug-likeness (QED) is 0.624. The van der Waals surface area contributed by atoms with Gasteiger partial charge in [0.15, 0.2) is 5.96 Å². The van der Waals surface area contributed by atoms with Crippen molar-refractivity contribution >= 4 is 12.1 Å². The minimum atomic E-state index is -0.469. The molecule has 3 atom stereocenters. The maximum Gasteiger partial charge on any atom is 0.407 e. The topological polar surface area (TPSA) is 79.1 Å². The van der Waals surface area contributed by atoms with E-state index < -0.39 is 5.60 Å². The molecule has 1 amide bonds. The summed E-state index contributed by atoms with van der Waals surface area (Å²) in [6.07, 6.45) is 4.37. The second kappa shape index (κ2) is 8.23. The van der Waals surface area contributed by atoms with Crippen molar-refractivity contribution in [1.82, 2.24) is 15.5 Å². The van der Waals surface area contributed by atoms with Crippen molar-refractivity contribution in [3.8, 4) is 0 Å². The number of hydrogen-bond donors (Lipinski definition) is 2. The van der Waals surface area contributed by atoms with Crippen molar-refractivity contribution in [2.75, 3.05) is 26.7 Å². The molecule has 0 spiro atoms. The Balaban J connectivity index is 1.49. The third kappa shape index (κ3) is 5.17. The van der Waals surface area contributed by atoms with Crippen LogP contribution in [0.15, 0.2) is 27.8 Å². The van der Waals surface area contributed by atoms with Gasteiger partial charge < -0.3 is 24.7 Å². The summed E-state index contributed by atoms with van der Waals surface area (Å²) in [5.41, 5.74) is -0.469. The van der Waals surface area contributed by atoms with Gasteiger partial charge in [-0.3, -0.25) is 4.99 Å². The molecule has 1 aliphatic carbocycles. The number of aliphatic imine (C=N–C) groups is 1. The number of guanidine groups is 1. The van der Waals surface area contributed by atoms with Crippen molar-refractivity contribution in [3.05, 3.63) is 24.2 Å². The Hall–Kier alpha value is -2.18. The van der Waals surface area contributed by atoms with Crippen LogP contribution in [0.1, 0.15) is 39.4 Å². The number of fused-ring (bicyclic) bond motifs is 1. The molecule has 1 saturated heterocycles. The lowest BCUT2D eigenvalue weighted by Crippen LogP contribution is -2.44. The molecule has 1 saturated carbocycles. The van der Waals surface area contributed by atoms with Crippen molar-refractivity contribution in [3.63, 3.8) is 0 Å². The van der Waals surface area contributed by atoms with E-state index in [0.29, 0.717) is 11.8 Å². The molecule has 3 rings (SSSR count). The van der Waals surface area contributed by atoms with E-state index in [4.69, 9.17) is 9.15 Å². The van der Waals surface area contributed by atoms with Gasteiger partial charge in [-0.05, 0) is 51.7 Å². The highest BCUT2D eigenvalue weighted by Crippen LogP contribution is 2.38. The maximum atomic E-state index is 12.1. The van der Waals surface area contributed by atoms with Crippen LogP contribution >= 0.6 is 0 Å².